The fourth-order valence-corrected chi connectivity index (χ4v) is 4.76. The molecular weight excluding hydrogens is 475 g/mol. The van der Waals surface area contributed by atoms with Crippen LogP contribution in [0.3, 0.4) is 0 Å². The summed E-state index contributed by atoms with van der Waals surface area (Å²) in [5, 5.41) is 3.67. The largest absolute Gasteiger partial charge is 0.423 e. The maximum Gasteiger partial charge on any atom is 0.336 e. The number of sulfonamides is 1. The van der Waals surface area contributed by atoms with E-state index in [2.05, 4.69) is 10.0 Å². The van der Waals surface area contributed by atoms with Gasteiger partial charge in [0.05, 0.1) is 5.02 Å². The first-order chi connectivity index (χ1) is 15.2. The summed E-state index contributed by atoms with van der Waals surface area (Å²) in [5.41, 5.74) is 1.03. The number of hydrogen-bond acceptors (Lipinski definition) is 5. The number of carbonyl (C=O) groups is 1. The average molecular weight is 489 g/mol. The Kier molecular flexibility index (Phi) is 5.92. The molecule has 1 amide bonds. The van der Waals surface area contributed by atoms with Gasteiger partial charge in [0.15, 0.2) is 0 Å². The van der Waals surface area contributed by atoms with Crippen LogP contribution in [0, 0.1) is 0 Å². The van der Waals surface area contributed by atoms with Crippen molar-refractivity contribution in [3.05, 3.63) is 98.8 Å². The topological polar surface area (TPSA) is 105 Å². The predicted molar refractivity (Wildman–Crippen MR) is 124 cm³/mol. The molecule has 0 atom stereocenters. The molecule has 1 heterocycles. The van der Waals surface area contributed by atoms with E-state index in [1.165, 1.54) is 48.5 Å². The molecule has 4 aromatic rings. The monoisotopic (exact) mass is 488 g/mol. The molecule has 0 unspecified atom stereocenters. The lowest BCUT2D eigenvalue weighted by Gasteiger charge is -2.11. The third kappa shape index (κ3) is 4.77. The van der Waals surface area contributed by atoms with Crippen molar-refractivity contribution >= 4 is 61.5 Å². The van der Waals surface area contributed by atoms with E-state index in [9.17, 15) is 18.0 Å². The van der Waals surface area contributed by atoms with Crippen molar-refractivity contribution in [2.24, 2.45) is 0 Å². The molecule has 0 radical (unpaired) electrons. The van der Waals surface area contributed by atoms with Crippen molar-refractivity contribution < 1.29 is 17.6 Å². The fraction of sp³-hybridized carbons (Fsp3) is 0. The number of amides is 1. The smallest absolute Gasteiger partial charge is 0.336 e. The number of hydrogen-bond donors (Lipinski definition) is 2. The van der Waals surface area contributed by atoms with Crippen LogP contribution < -0.4 is 15.7 Å². The van der Waals surface area contributed by atoms with E-state index in [0.717, 1.165) is 0 Å². The number of fused-ring (bicyclic) bond motifs is 1. The minimum Gasteiger partial charge on any atom is -0.423 e. The maximum absolute atomic E-state index is 12.6. The van der Waals surface area contributed by atoms with E-state index in [0.29, 0.717) is 22.2 Å². The summed E-state index contributed by atoms with van der Waals surface area (Å²) in [7, 11) is -3.97. The van der Waals surface area contributed by atoms with Gasteiger partial charge < -0.3 is 9.73 Å². The Morgan fingerprint density at radius 2 is 1.56 bits per heavy atom. The minimum atomic E-state index is -3.97. The van der Waals surface area contributed by atoms with Crippen LogP contribution in [0.25, 0.3) is 11.0 Å². The van der Waals surface area contributed by atoms with Crippen molar-refractivity contribution in [2.75, 3.05) is 10.0 Å². The SMILES string of the molecule is O=C(Nc1ccc2oc(=O)ccc2c1)c1ccc(NS(=O)(=O)c2cc(Cl)ccc2Cl)cc1. The van der Waals surface area contributed by atoms with Gasteiger partial charge in [0.2, 0.25) is 0 Å². The lowest BCUT2D eigenvalue weighted by molar-refractivity contribution is 0.102. The van der Waals surface area contributed by atoms with Crippen LogP contribution in [0.1, 0.15) is 10.4 Å². The number of halogens is 2. The van der Waals surface area contributed by atoms with Crippen molar-refractivity contribution in [1.29, 1.82) is 0 Å². The van der Waals surface area contributed by atoms with Gasteiger partial charge in [0.1, 0.15) is 10.5 Å². The van der Waals surface area contributed by atoms with Crippen LogP contribution in [0.5, 0.6) is 0 Å². The second-order valence-corrected chi connectivity index (χ2v) is 9.21. The highest BCUT2D eigenvalue weighted by Gasteiger charge is 2.19. The molecule has 0 spiro atoms. The molecule has 1 aromatic heterocycles. The Morgan fingerprint density at radius 1 is 0.844 bits per heavy atom. The van der Waals surface area contributed by atoms with Crippen LogP contribution >= 0.6 is 23.2 Å². The first-order valence-electron chi connectivity index (χ1n) is 9.14. The summed E-state index contributed by atoms with van der Waals surface area (Å²) in [4.78, 5) is 23.7. The molecule has 0 fully saturated rings. The number of rotatable bonds is 5. The van der Waals surface area contributed by atoms with E-state index in [1.54, 1.807) is 24.3 Å². The molecule has 0 saturated carbocycles. The van der Waals surface area contributed by atoms with Crippen molar-refractivity contribution in [1.82, 2.24) is 0 Å². The Morgan fingerprint density at radius 3 is 2.31 bits per heavy atom. The molecule has 0 aliphatic rings. The fourth-order valence-electron chi connectivity index (χ4n) is 2.94. The highest BCUT2D eigenvalue weighted by atomic mass is 35.5. The molecule has 4 rings (SSSR count). The molecular formula is C22H14Cl2N2O5S. The highest BCUT2D eigenvalue weighted by Crippen LogP contribution is 2.27. The maximum atomic E-state index is 12.6. The summed E-state index contributed by atoms with van der Waals surface area (Å²) in [5.74, 6) is -0.394. The molecule has 0 aliphatic heterocycles. The third-order valence-corrected chi connectivity index (χ3v) is 6.56. The highest BCUT2D eigenvalue weighted by molar-refractivity contribution is 7.92. The zero-order valence-corrected chi connectivity index (χ0v) is 18.5. The Bertz CT molecular complexity index is 1500. The van der Waals surface area contributed by atoms with E-state index in [1.807, 2.05) is 0 Å². The van der Waals surface area contributed by atoms with Gasteiger partial charge in [0, 0.05) is 33.4 Å². The van der Waals surface area contributed by atoms with Gasteiger partial charge >= 0.3 is 5.63 Å². The zero-order valence-electron chi connectivity index (χ0n) is 16.1. The lowest BCUT2D eigenvalue weighted by Crippen LogP contribution is -2.14. The Hall–Kier alpha value is -3.33. The third-order valence-electron chi connectivity index (χ3n) is 4.46. The van der Waals surface area contributed by atoms with Crippen LogP contribution in [-0.2, 0) is 10.0 Å². The summed E-state index contributed by atoms with van der Waals surface area (Å²) < 4.78 is 32.7. The zero-order chi connectivity index (χ0) is 22.9. The first-order valence-corrected chi connectivity index (χ1v) is 11.4. The molecule has 162 valence electrons. The standard InChI is InChI=1S/C22H14Cl2N2O5S/c23-15-4-8-18(24)20(12-15)32(29,30)26-16-5-1-13(2-6-16)22(28)25-17-7-9-19-14(11-17)3-10-21(27)31-19/h1-12,26H,(H,25,28). The van der Waals surface area contributed by atoms with E-state index in [4.69, 9.17) is 27.6 Å². The van der Waals surface area contributed by atoms with Gasteiger partial charge in [-0.05, 0) is 66.7 Å². The van der Waals surface area contributed by atoms with E-state index in [-0.39, 0.29) is 20.6 Å². The molecule has 7 nitrogen and oxygen atoms in total. The second kappa shape index (κ2) is 8.66. The lowest BCUT2D eigenvalue weighted by atomic mass is 10.1. The van der Waals surface area contributed by atoms with Crippen LogP contribution in [0.4, 0.5) is 11.4 Å². The minimum absolute atomic E-state index is 0.0348. The predicted octanol–water partition coefficient (Wildman–Crippen LogP) is 5.15. The van der Waals surface area contributed by atoms with Crippen molar-refractivity contribution in [3.8, 4) is 0 Å². The summed E-state index contributed by atoms with van der Waals surface area (Å²) >= 11 is 11.9. The van der Waals surface area contributed by atoms with Gasteiger partial charge in [-0.1, -0.05) is 23.2 Å². The van der Waals surface area contributed by atoms with Crippen molar-refractivity contribution in [3.63, 3.8) is 0 Å². The molecule has 10 heteroatoms. The Balaban J connectivity index is 1.49. The quantitative estimate of drug-likeness (QED) is 0.377. The van der Waals surface area contributed by atoms with Gasteiger partial charge in [-0.15, -0.1) is 0 Å². The Labute approximate surface area is 192 Å². The van der Waals surface area contributed by atoms with E-state index >= 15 is 0 Å². The molecule has 0 bridgehead atoms. The van der Waals surface area contributed by atoms with Gasteiger partial charge in [-0.3, -0.25) is 9.52 Å². The van der Waals surface area contributed by atoms with Crippen LogP contribution in [0.15, 0.2) is 86.9 Å². The van der Waals surface area contributed by atoms with Gasteiger partial charge in [-0.2, -0.15) is 0 Å². The second-order valence-electron chi connectivity index (χ2n) is 6.72. The normalized spacial score (nSPS) is 11.3. The number of anilines is 2. The van der Waals surface area contributed by atoms with Crippen LogP contribution in [0.2, 0.25) is 10.0 Å². The van der Waals surface area contributed by atoms with Crippen LogP contribution in [-0.4, -0.2) is 14.3 Å². The number of carbonyl (C=O) groups excluding carboxylic acids is 1. The molecule has 2 N–H and O–H groups in total. The van der Waals surface area contributed by atoms with Gasteiger partial charge in [-0.25, -0.2) is 13.2 Å². The molecule has 0 saturated heterocycles. The summed E-state index contributed by atoms with van der Waals surface area (Å²) in [6.07, 6.45) is 0. The first kappa shape index (κ1) is 21.9. The molecule has 0 aliphatic carbocycles. The van der Waals surface area contributed by atoms with Crippen molar-refractivity contribution in [2.45, 2.75) is 4.90 Å². The molecule has 32 heavy (non-hydrogen) atoms. The van der Waals surface area contributed by atoms with E-state index < -0.39 is 21.6 Å². The number of nitrogens with one attached hydrogen (secondary N) is 2. The average Bonchev–Trinajstić information content (AvgIpc) is 2.75. The summed E-state index contributed by atoms with van der Waals surface area (Å²) in [6, 6.07) is 17.8. The molecule has 3 aromatic carbocycles. The number of benzene rings is 3. The van der Waals surface area contributed by atoms with Gasteiger partial charge in [0.25, 0.3) is 15.9 Å². The summed E-state index contributed by atoms with van der Waals surface area (Å²) in [6.45, 7) is 0.